The van der Waals surface area contributed by atoms with E-state index in [2.05, 4.69) is 5.32 Å². The highest BCUT2D eigenvalue weighted by Gasteiger charge is 2.44. The molecule has 2 aliphatic rings. The largest absolute Gasteiger partial charge is 0.480 e. The maximum atomic E-state index is 13.2. The van der Waals surface area contributed by atoms with E-state index < -0.39 is 30.1 Å². The first-order valence-corrected chi connectivity index (χ1v) is 11.5. The summed E-state index contributed by atoms with van der Waals surface area (Å²) < 4.78 is 10.9. The van der Waals surface area contributed by atoms with Crippen LogP contribution in [-0.2, 0) is 30.3 Å². The van der Waals surface area contributed by atoms with Gasteiger partial charge in [0.15, 0.2) is 0 Å². The van der Waals surface area contributed by atoms with Gasteiger partial charge in [0.1, 0.15) is 12.1 Å². The molecular weight excluding hydrogens is 412 g/mol. The lowest BCUT2D eigenvalue weighted by atomic mass is 9.97. The van der Waals surface area contributed by atoms with Crippen molar-refractivity contribution in [2.24, 2.45) is 5.92 Å². The molecule has 0 bridgehead atoms. The summed E-state index contributed by atoms with van der Waals surface area (Å²) in [6.45, 7) is 4.72. The van der Waals surface area contributed by atoms with Crippen LogP contribution in [0, 0.1) is 5.92 Å². The number of benzene rings is 1. The molecule has 0 spiro atoms. The quantitative estimate of drug-likeness (QED) is 0.530. The first kappa shape index (κ1) is 24.2. The molecule has 8 heteroatoms. The van der Waals surface area contributed by atoms with Gasteiger partial charge in [0.25, 0.3) is 0 Å². The zero-order chi connectivity index (χ0) is 23.1. The molecular formula is C24H34N2O6. The van der Waals surface area contributed by atoms with Crippen molar-refractivity contribution < 1.29 is 29.0 Å². The fourth-order valence-electron chi connectivity index (χ4n) is 4.68. The Balaban J connectivity index is 1.65. The minimum atomic E-state index is -1.00. The second-order valence-electron chi connectivity index (χ2n) is 8.61. The molecule has 3 rings (SSSR count). The number of ether oxygens (including phenoxy) is 2. The van der Waals surface area contributed by atoms with Crippen LogP contribution < -0.4 is 5.32 Å². The third-order valence-corrected chi connectivity index (χ3v) is 6.35. The smallest absolute Gasteiger partial charge is 0.326 e. The van der Waals surface area contributed by atoms with Gasteiger partial charge in [-0.1, -0.05) is 30.3 Å². The number of nitrogens with one attached hydrogen (secondary N) is 1. The molecule has 176 valence electrons. The van der Waals surface area contributed by atoms with Crippen molar-refractivity contribution in [3.05, 3.63) is 35.9 Å². The first-order chi connectivity index (χ1) is 15.4. The molecule has 1 aromatic carbocycles. The Morgan fingerprint density at radius 1 is 1.28 bits per heavy atom. The lowest BCUT2D eigenvalue weighted by Crippen LogP contribution is -2.53. The minimum Gasteiger partial charge on any atom is -0.480 e. The van der Waals surface area contributed by atoms with E-state index in [9.17, 15) is 19.5 Å². The lowest BCUT2D eigenvalue weighted by Gasteiger charge is -2.28. The molecule has 8 nitrogen and oxygen atoms in total. The Kier molecular flexibility index (Phi) is 8.64. The summed E-state index contributed by atoms with van der Waals surface area (Å²) in [6, 6.07) is 7.55. The van der Waals surface area contributed by atoms with Crippen molar-refractivity contribution >= 4 is 17.8 Å². The van der Waals surface area contributed by atoms with Crippen LogP contribution in [0.25, 0.3) is 0 Å². The topological polar surface area (TPSA) is 105 Å². The predicted octanol–water partition coefficient (Wildman–Crippen LogP) is 2.01. The summed E-state index contributed by atoms with van der Waals surface area (Å²) in [6.07, 6.45) is 3.40. The zero-order valence-corrected chi connectivity index (χ0v) is 18.9. The molecule has 2 aliphatic heterocycles. The summed E-state index contributed by atoms with van der Waals surface area (Å²) in [5, 5.41) is 12.8. The van der Waals surface area contributed by atoms with Crippen molar-refractivity contribution in [1.29, 1.82) is 0 Å². The third-order valence-electron chi connectivity index (χ3n) is 6.35. The number of hydrogen-bond acceptors (Lipinski definition) is 6. The number of carboxylic acid groups (broad SMARTS) is 1. The summed E-state index contributed by atoms with van der Waals surface area (Å²) in [4.78, 5) is 39.0. The fourth-order valence-corrected chi connectivity index (χ4v) is 4.68. The predicted molar refractivity (Wildman–Crippen MR) is 118 cm³/mol. The minimum absolute atomic E-state index is 0.0102. The van der Waals surface area contributed by atoms with Gasteiger partial charge < -0.3 is 19.5 Å². The molecule has 1 unspecified atom stereocenters. The number of likely N-dealkylation sites (tertiary alicyclic amines) is 1. The maximum absolute atomic E-state index is 13.2. The van der Waals surface area contributed by atoms with Gasteiger partial charge in [-0.15, -0.1) is 0 Å². The number of amides is 1. The lowest BCUT2D eigenvalue weighted by molar-refractivity contribution is -0.150. The number of esters is 1. The van der Waals surface area contributed by atoms with Crippen molar-refractivity contribution in [2.75, 3.05) is 19.8 Å². The number of carbonyl (C=O) groups excluding carboxylic acids is 2. The van der Waals surface area contributed by atoms with Crippen LogP contribution in [0.4, 0.5) is 0 Å². The average molecular weight is 447 g/mol. The SMILES string of the molecule is CCOC(=O)C(CCc1ccccc1)N[C@@H](C)C(=O)N1C[C@H]([C@@H]2CCCO2)C[C@H]1C(=O)O. The molecule has 2 heterocycles. The van der Waals surface area contributed by atoms with Gasteiger partial charge in [-0.05, 0) is 51.5 Å². The molecule has 2 N–H and O–H groups in total. The van der Waals surface area contributed by atoms with E-state index in [1.165, 1.54) is 4.90 Å². The Labute approximate surface area is 189 Å². The normalized spacial score (nSPS) is 24.8. The maximum Gasteiger partial charge on any atom is 0.326 e. The fraction of sp³-hybridized carbons (Fsp3) is 0.625. The van der Waals surface area contributed by atoms with Crippen molar-refractivity contribution in [1.82, 2.24) is 10.2 Å². The third kappa shape index (κ3) is 6.07. The number of nitrogens with zero attached hydrogens (tertiary/aromatic N) is 1. The highest BCUT2D eigenvalue weighted by molar-refractivity contribution is 5.88. The van der Waals surface area contributed by atoms with E-state index in [1.54, 1.807) is 13.8 Å². The van der Waals surface area contributed by atoms with Crippen LogP contribution in [0.1, 0.15) is 45.1 Å². The van der Waals surface area contributed by atoms with Crippen LogP contribution in [0.5, 0.6) is 0 Å². The number of aryl methyl sites for hydroxylation is 1. The molecule has 32 heavy (non-hydrogen) atoms. The van der Waals surface area contributed by atoms with E-state index in [0.717, 1.165) is 18.4 Å². The molecule has 1 amide bonds. The second kappa shape index (κ2) is 11.4. The molecule has 2 saturated heterocycles. The molecule has 5 atom stereocenters. The Bertz CT molecular complexity index is 780. The van der Waals surface area contributed by atoms with Crippen molar-refractivity contribution in [2.45, 2.75) is 70.2 Å². The Morgan fingerprint density at radius 3 is 2.66 bits per heavy atom. The van der Waals surface area contributed by atoms with Gasteiger partial charge in [0, 0.05) is 19.1 Å². The van der Waals surface area contributed by atoms with E-state index in [0.29, 0.717) is 32.4 Å². The average Bonchev–Trinajstić information content (AvgIpc) is 3.46. The summed E-state index contributed by atoms with van der Waals surface area (Å²) in [5.41, 5.74) is 1.09. The molecule has 0 aromatic heterocycles. The number of rotatable bonds is 10. The highest BCUT2D eigenvalue weighted by atomic mass is 16.5. The molecule has 0 aliphatic carbocycles. The van der Waals surface area contributed by atoms with Crippen molar-refractivity contribution in [3.63, 3.8) is 0 Å². The van der Waals surface area contributed by atoms with Crippen LogP contribution in [0.3, 0.4) is 0 Å². The monoisotopic (exact) mass is 446 g/mol. The van der Waals surface area contributed by atoms with Crippen LogP contribution in [-0.4, -0.2) is 71.8 Å². The van der Waals surface area contributed by atoms with E-state index in [4.69, 9.17) is 9.47 Å². The molecule has 1 aromatic rings. The molecule has 0 saturated carbocycles. The number of carboxylic acids is 1. The van der Waals surface area contributed by atoms with Crippen LogP contribution in [0.2, 0.25) is 0 Å². The number of hydrogen-bond donors (Lipinski definition) is 2. The summed E-state index contributed by atoms with van der Waals surface area (Å²) >= 11 is 0. The summed E-state index contributed by atoms with van der Waals surface area (Å²) in [7, 11) is 0. The molecule has 0 radical (unpaired) electrons. The standard InChI is InChI=1S/C24H34N2O6/c1-3-31-24(30)19(12-11-17-8-5-4-6-9-17)25-16(2)22(27)26-15-18(14-20(26)23(28)29)21-10-7-13-32-21/h4-6,8-9,16,18-21,25H,3,7,10-15H2,1-2H3,(H,28,29)/t16-,18+,19?,20-,21-/m0/s1. The van der Waals surface area contributed by atoms with Gasteiger partial charge in [-0.2, -0.15) is 0 Å². The number of carbonyl (C=O) groups is 3. The van der Waals surface area contributed by atoms with Gasteiger partial charge in [0.05, 0.1) is 18.8 Å². The van der Waals surface area contributed by atoms with Crippen LogP contribution >= 0.6 is 0 Å². The molecule has 2 fully saturated rings. The summed E-state index contributed by atoms with van der Waals surface area (Å²) in [5.74, 6) is -1.70. The first-order valence-electron chi connectivity index (χ1n) is 11.5. The second-order valence-corrected chi connectivity index (χ2v) is 8.61. The van der Waals surface area contributed by atoms with Gasteiger partial charge in [-0.3, -0.25) is 14.9 Å². The highest BCUT2D eigenvalue weighted by Crippen LogP contribution is 2.32. The van der Waals surface area contributed by atoms with E-state index >= 15 is 0 Å². The van der Waals surface area contributed by atoms with Crippen LogP contribution in [0.15, 0.2) is 30.3 Å². The number of aliphatic carboxylic acids is 1. The Hall–Kier alpha value is -2.45. The van der Waals surface area contributed by atoms with Crippen molar-refractivity contribution in [3.8, 4) is 0 Å². The Morgan fingerprint density at radius 2 is 2.03 bits per heavy atom. The zero-order valence-electron chi connectivity index (χ0n) is 18.9. The van der Waals surface area contributed by atoms with E-state index in [-0.39, 0.29) is 24.5 Å². The van der Waals surface area contributed by atoms with Gasteiger partial charge >= 0.3 is 11.9 Å². The van der Waals surface area contributed by atoms with E-state index in [1.807, 2.05) is 30.3 Å². The van der Waals surface area contributed by atoms with Gasteiger partial charge in [-0.25, -0.2) is 4.79 Å². The van der Waals surface area contributed by atoms with Gasteiger partial charge in [0.2, 0.25) is 5.91 Å².